The van der Waals surface area contributed by atoms with Gasteiger partial charge in [-0.15, -0.1) is 0 Å². The number of nitrogens with zero attached hydrogens (tertiary/aromatic N) is 4. The Morgan fingerprint density at radius 2 is 1.70 bits per heavy atom. The topological polar surface area (TPSA) is 96.0 Å². The molecule has 0 fully saturated rings. The van der Waals surface area contributed by atoms with Crippen LogP contribution in [0.25, 0.3) is 11.3 Å². The third kappa shape index (κ3) is 7.39. The Morgan fingerprint density at radius 1 is 0.977 bits per heavy atom. The van der Waals surface area contributed by atoms with Gasteiger partial charge in [0.2, 0.25) is 11.8 Å². The molecular formula is C34H42N6O2S. The SMILES string of the molecule is Cc1cccc(C)c1-c1cc2nc(n1)NSc1cccc(c1)C(=O)N(Cc1cc(C(C)(C)C)[nH]n1)[C@H](CC(C)(C)C)CO2. The van der Waals surface area contributed by atoms with Crippen molar-refractivity contribution in [3.05, 3.63) is 82.7 Å². The molecule has 8 nitrogen and oxygen atoms in total. The van der Waals surface area contributed by atoms with Gasteiger partial charge in [-0.2, -0.15) is 10.1 Å². The number of H-pyrrole nitrogens is 1. The van der Waals surface area contributed by atoms with Crippen LogP contribution in [0, 0.1) is 19.3 Å². The second-order valence-electron chi connectivity index (χ2n) is 13.6. The molecule has 1 atom stereocenters. The van der Waals surface area contributed by atoms with Gasteiger partial charge < -0.3 is 9.64 Å². The second-order valence-corrected chi connectivity index (χ2v) is 14.5. The van der Waals surface area contributed by atoms with E-state index in [0.29, 0.717) is 23.9 Å². The molecule has 4 aromatic rings. The van der Waals surface area contributed by atoms with Crippen LogP contribution in [0.2, 0.25) is 0 Å². The van der Waals surface area contributed by atoms with Crippen LogP contribution in [0.4, 0.5) is 5.95 Å². The number of aromatic amines is 1. The molecule has 3 heterocycles. The standard InChI is InChI=1S/C34H42N6O2S/c1-21-11-9-12-22(2)30(21)27-17-29-36-32(35-27)39-43-26-14-10-13-23(15-26)31(41)40(25(20-42-29)18-33(3,4)5)19-24-16-28(38-37-24)34(6,7)8/h9-17,25H,18-20H2,1-8H3,(H,37,38)(H,35,36,39)/t25-/m1/s1. The molecule has 226 valence electrons. The lowest BCUT2D eigenvalue weighted by Crippen LogP contribution is -2.45. The predicted octanol–water partition coefficient (Wildman–Crippen LogP) is 7.74. The Morgan fingerprint density at radius 3 is 2.37 bits per heavy atom. The van der Waals surface area contributed by atoms with Gasteiger partial charge in [0.25, 0.3) is 5.91 Å². The zero-order valence-corrected chi connectivity index (χ0v) is 27.2. The van der Waals surface area contributed by atoms with Crippen molar-refractivity contribution in [2.24, 2.45) is 5.41 Å². The highest BCUT2D eigenvalue weighted by atomic mass is 32.2. The molecule has 9 heteroatoms. The smallest absolute Gasteiger partial charge is 0.254 e. The van der Waals surface area contributed by atoms with Crippen LogP contribution in [-0.2, 0) is 12.0 Å². The lowest BCUT2D eigenvalue weighted by atomic mass is 9.87. The third-order valence-corrected chi connectivity index (χ3v) is 8.30. The summed E-state index contributed by atoms with van der Waals surface area (Å²) in [5.74, 6) is 0.850. The first-order valence-corrected chi connectivity index (χ1v) is 15.6. The number of anilines is 1. The van der Waals surface area contributed by atoms with Gasteiger partial charge >= 0.3 is 0 Å². The molecule has 0 spiro atoms. The van der Waals surface area contributed by atoms with E-state index in [2.05, 4.69) is 94.6 Å². The van der Waals surface area contributed by atoms with Gasteiger partial charge in [-0.05, 0) is 73.0 Å². The molecule has 0 unspecified atom stereocenters. The molecular weight excluding hydrogens is 556 g/mol. The summed E-state index contributed by atoms with van der Waals surface area (Å²) in [5.41, 5.74) is 6.41. The normalized spacial score (nSPS) is 16.0. The van der Waals surface area contributed by atoms with Gasteiger partial charge in [-0.25, -0.2) is 4.98 Å². The molecule has 0 saturated carbocycles. The van der Waals surface area contributed by atoms with Gasteiger partial charge in [0.1, 0.15) is 6.61 Å². The minimum atomic E-state index is -0.241. The van der Waals surface area contributed by atoms with Crippen molar-refractivity contribution in [3.63, 3.8) is 0 Å². The maximum absolute atomic E-state index is 14.3. The van der Waals surface area contributed by atoms with E-state index in [0.717, 1.165) is 45.1 Å². The van der Waals surface area contributed by atoms with Crippen molar-refractivity contribution in [3.8, 4) is 17.1 Å². The highest BCUT2D eigenvalue weighted by Crippen LogP contribution is 2.32. The van der Waals surface area contributed by atoms with E-state index in [1.807, 2.05) is 35.2 Å². The zero-order chi connectivity index (χ0) is 30.9. The van der Waals surface area contributed by atoms with Crippen LogP contribution < -0.4 is 9.46 Å². The Balaban J connectivity index is 1.60. The maximum Gasteiger partial charge on any atom is 0.254 e. The molecule has 2 N–H and O–H groups in total. The van der Waals surface area contributed by atoms with Crippen molar-refractivity contribution < 1.29 is 9.53 Å². The Kier molecular flexibility index (Phi) is 8.56. The summed E-state index contributed by atoms with van der Waals surface area (Å²) in [6.07, 6.45) is 0.726. The molecule has 1 aliphatic rings. The monoisotopic (exact) mass is 598 g/mol. The number of aromatic nitrogens is 4. The van der Waals surface area contributed by atoms with E-state index in [1.165, 1.54) is 11.9 Å². The van der Waals surface area contributed by atoms with Crippen LogP contribution >= 0.6 is 11.9 Å². The number of aryl methyl sites for hydroxylation is 2. The summed E-state index contributed by atoms with van der Waals surface area (Å²) in [5, 5.41) is 7.79. The van der Waals surface area contributed by atoms with Crippen LogP contribution in [0.5, 0.6) is 5.88 Å². The van der Waals surface area contributed by atoms with Crippen LogP contribution in [0.15, 0.2) is 59.5 Å². The number of carbonyl (C=O) groups is 1. The molecule has 2 aromatic heterocycles. The zero-order valence-electron chi connectivity index (χ0n) is 26.4. The number of ether oxygens (including phenoxy) is 1. The third-order valence-electron chi connectivity index (χ3n) is 7.53. The summed E-state index contributed by atoms with van der Waals surface area (Å²) in [6, 6.07) is 17.6. The summed E-state index contributed by atoms with van der Waals surface area (Å²) >= 11 is 1.37. The molecule has 43 heavy (non-hydrogen) atoms. The molecule has 0 aliphatic carbocycles. The lowest BCUT2D eigenvalue weighted by Gasteiger charge is -2.35. The average Bonchev–Trinajstić information content (AvgIpc) is 3.41. The highest BCUT2D eigenvalue weighted by Gasteiger charge is 2.31. The summed E-state index contributed by atoms with van der Waals surface area (Å²) in [7, 11) is 0. The molecule has 4 bridgehead atoms. The van der Waals surface area contributed by atoms with Crippen molar-refractivity contribution in [2.75, 3.05) is 11.3 Å². The fourth-order valence-electron chi connectivity index (χ4n) is 5.37. The fourth-order valence-corrected chi connectivity index (χ4v) is 6.00. The van der Waals surface area contributed by atoms with Gasteiger partial charge in [0, 0.05) is 33.2 Å². The number of carbonyl (C=O) groups excluding carboxylic acids is 1. The molecule has 0 saturated heterocycles. The van der Waals surface area contributed by atoms with Crippen LogP contribution in [0.3, 0.4) is 0 Å². The van der Waals surface area contributed by atoms with E-state index >= 15 is 0 Å². The van der Waals surface area contributed by atoms with Crippen molar-refractivity contribution in [1.29, 1.82) is 0 Å². The summed E-state index contributed by atoms with van der Waals surface area (Å²) in [4.78, 5) is 26.7. The Labute approximate surface area is 259 Å². The van der Waals surface area contributed by atoms with E-state index in [9.17, 15) is 4.79 Å². The number of amides is 1. The molecule has 1 aliphatic heterocycles. The Hall–Kier alpha value is -3.85. The van der Waals surface area contributed by atoms with Crippen molar-refractivity contribution in [1.82, 2.24) is 25.1 Å². The number of rotatable bonds is 4. The quantitative estimate of drug-likeness (QED) is 0.232. The average molecular weight is 599 g/mol. The van der Waals surface area contributed by atoms with Crippen LogP contribution in [0.1, 0.15) is 80.8 Å². The van der Waals surface area contributed by atoms with Crippen molar-refractivity contribution >= 4 is 23.8 Å². The van der Waals surface area contributed by atoms with E-state index in [1.54, 1.807) is 0 Å². The molecule has 1 amide bonds. The first-order valence-electron chi connectivity index (χ1n) is 14.7. The van der Waals surface area contributed by atoms with Gasteiger partial charge in [-0.3, -0.25) is 14.6 Å². The molecule has 5 rings (SSSR count). The highest BCUT2D eigenvalue weighted by molar-refractivity contribution is 8.00. The molecule has 2 aromatic carbocycles. The number of hydrogen-bond donors (Lipinski definition) is 2. The van der Waals surface area contributed by atoms with Crippen molar-refractivity contribution in [2.45, 2.75) is 84.7 Å². The van der Waals surface area contributed by atoms with E-state index in [-0.39, 0.29) is 29.4 Å². The summed E-state index contributed by atoms with van der Waals surface area (Å²) < 4.78 is 9.76. The first-order chi connectivity index (χ1) is 20.3. The number of benzene rings is 2. The number of hydrogen-bond acceptors (Lipinski definition) is 7. The molecule has 0 radical (unpaired) electrons. The number of nitrogens with one attached hydrogen (secondary N) is 2. The largest absolute Gasteiger partial charge is 0.475 e. The predicted molar refractivity (Wildman–Crippen MR) is 173 cm³/mol. The first kappa shape index (κ1) is 30.6. The van der Waals surface area contributed by atoms with Gasteiger partial charge in [0.15, 0.2) is 0 Å². The van der Waals surface area contributed by atoms with Gasteiger partial charge in [-0.1, -0.05) is 65.8 Å². The minimum absolute atomic E-state index is 0.0612. The number of fused-ring (bicyclic) bond motifs is 4. The minimum Gasteiger partial charge on any atom is -0.475 e. The van der Waals surface area contributed by atoms with Crippen LogP contribution in [-0.4, -0.2) is 43.6 Å². The lowest BCUT2D eigenvalue weighted by molar-refractivity contribution is 0.0509. The summed E-state index contributed by atoms with van der Waals surface area (Å²) in [6.45, 7) is 17.8. The Bertz CT molecular complexity index is 1600. The maximum atomic E-state index is 14.3. The van der Waals surface area contributed by atoms with E-state index < -0.39 is 0 Å². The fraction of sp³-hybridized carbons (Fsp3) is 0.412. The second kappa shape index (κ2) is 12.0. The van der Waals surface area contributed by atoms with Gasteiger partial charge in [0.05, 0.1) is 24.0 Å². The van der Waals surface area contributed by atoms with E-state index in [4.69, 9.17) is 14.7 Å².